The number of benzene rings is 1. The molecule has 14 heteroatoms. The normalized spacial score (nSPS) is 16.8. The van der Waals surface area contributed by atoms with Gasteiger partial charge in [0.05, 0.1) is 28.2 Å². The van der Waals surface area contributed by atoms with E-state index in [9.17, 15) is 35.9 Å². The van der Waals surface area contributed by atoms with Crippen LogP contribution >= 0.6 is 0 Å². The van der Waals surface area contributed by atoms with Crippen LogP contribution in [0.4, 0.5) is 42.1 Å². The first-order chi connectivity index (χ1) is 18.1. The second kappa shape index (κ2) is 10.3. The molecule has 208 valence electrons. The number of amides is 1. The van der Waals surface area contributed by atoms with Gasteiger partial charge in [-0.1, -0.05) is 6.07 Å². The van der Waals surface area contributed by atoms with Gasteiger partial charge in [0.25, 0.3) is 5.91 Å². The lowest BCUT2D eigenvalue weighted by atomic mass is 10.0. The molecule has 1 saturated heterocycles. The molecule has 1 fully saturated rings. The van der Waals surface area contributed by atoms with Crippen LogP contribution in [0.2, 0.25) is 0 Å². The fraction of sp³-hybridized carbons (Fsp3) is 0.320. The molecule has 1 aromatic carbocycles. The van der Waals surface area contributed by atoms with Crippen LogP contribution in [0.3, 0.4) is 0 Å². The van der Waals surface area contributed by atoms with Gasteiger partial charge in [-0.15, -0.1) is 0 Å². The summed E-state index contributed by atoms with van der Waals surface area (Å²) in [7, 11) is 1.88. The molecule has 4 rings (SSSR count). The maximum absolute atomic E-state index is 15.3. The maximum atomic E-state index is 15.3. The molecule has 0 radical (unpaired) electrons. The van der Waals surface area contributed by atoms with Crippen LogP contribution in [0.1, 0.15) is 28.5 Å². The van der Waals surface area contributed by atoms with Crippen LogP contribution in [-0.2, 0) is 12.4 Å². The van der Waals surface area contributed by atoms with Gasteiger partial charge in [-0.3, -0.25) is 9.59 Å². The van der Waals surface area contributed by atoms with Crippen molar-refractivity contribution in [3.05, 3.63) is 75.6 Å². The quantitative estimate of drug-likeness (QED) is 0.441. The van der Waals surface area contributed by atoms with Gasteiger partial charge >= 0.3 is 12.4 Å². The van der Waals surface area contributed by atoms with Crippen LogP contribution in [0, 0.1) is 5.82 Å². The highest BCUT2D eigenvalue weighted by atomic mass is 19.4. The van der Waals surface area contributed by atoms with E-state index >= 15 is 4.39 Å². The first kappa shape index (κ1) is 28.1. The molecule has 39 heavy (non-hydrogen) atoms. The van der Waals surface area contributed by atoms with Gasteiger partial charge in [-0.2, -0.15) is 26.3 Å². The average molecular weight is 557 g/mol. The van der Waals surface area contributed by atoms with Crippen LogP contribution < -0.4 is 15.8 Å². The number of alkyl halides is 6. The number of nitrogens with zero attached hydrogens (tertiary/aromatic N) is 3. The summed E-state index contributed by atoms with van der Waals surface area (Å²) < 4.78 is 95.7. The summed E-state index contributed by atoms with van der Waals surface area (Å²) in [6, 6.07) is 5.15. The first-order valence-electron chi connectivity index (χ1n) is 11.6. The van der Waals surface area contributed by atoms with E-state index in [0.717, 1.165) is 24.3 Å². The summed E-state index contributed by atoms with van der Waals surface area (Å²) in [4.78, 5) is 33.8. The third-order valence-electron chi connectivity index (χ3n) is 6.42. The Morgan fingerprint density at radius 1 is 1.08 bits per heavy atom. The minimum Gasteiger partial charge on any atom is -0.367 e. The molecule has 0 spiro atoms. The Balaban J connectivity index is 1.83. The molecule has 0 bridgehead atoms. The van der Waals surface area contributed by atoms with Gasteiger partial charge in [0.2, 0.25) is 5.56 Å². The van der Waals surface area contributed by atoms with Crippen molar-refractivity contribution in [1.82, 2.24) is 14.9 Å². The largest absolute Gasteiger partial charge is 0.433 e. The van der Waals surface area contributed by atoms with E-state index < -0.39 is 57.7 Å². The fourth-order valence-corrected chi connectivity index (χ4v) is 4.21. The van der Waals surface area contributed by atoms with Gasteiger partial charge in [-0.05, 0) is 38.2 Å². The smallest absolute Gasteiger partial charge is 0.367 e. The molecule has 2 aromatic heterocycles. The number of carbonyl (C=O) groups is 1. The summed E-state index contributed by atoms with van der Waals surface area (Å²) in [6.45, 7) is 3.19. The lowest BCUT2D eigenvalue weighted by molar-refractivity contribution is -0.141. The first-order valence-corrected chi connectivity index (χ1v) is 11.6. The van der Waals surface area contributed by atoms with Crippen molar-refractivity contribution in [2.24, 2.45) is 0 Å². The summed E-state index contributed by atoms with van der Waals surface area (Å²) in [5.41, 5.74) is -5.56. The van der Waals surface area contributed by atoms with Gasteiger partial charge in [-0.25, -0.2) is 9.37 Å². The van der Waals surface area contributed by atoms with Crippen molar-refractivity contribution in [3.8, 4) is 11.3 Å². The lowest BCUT2D eigenvalue weighted by Gasteiger charge is -2.39. The predicted molar refractivity (Wildman–Crippen MR) is 129 cm³/mol. The van der Waals surface area contributed by atoms with Gasteiger partial charge in [0.15, 0.2) is 0 Å². The van der Waals surface area contributed by atoms with Crippen molar-refractivity contribution < 1.29 is 35.5 Å². The van der Waals surface area contributed by atoms with Crippen molar-refractivity contribution in [2.75, 3.05) is 36.9 Å². The Bertz CT molecular complexity index is 1450. The minimum absolute atomic E-state index is 0.00814. The van der Waals surface area contributed by atoms with Crippen LogP contribution in [0.25, 0.3) is 11.3 Å². The lowest BCUT2D eigenvalue weighted by Crippen LogP contribution is -2.50. The standard InChI is InChI=1S/C25H22F7N5O2/c1-13-12-37(7-6-36(13)2)20-10-17(26)14(18-4-3-5-21(34-18)25(30,31)32)8-19(20)35-23(39)15-11-33-22(38)9-16(15)24(27,28)29/h3-5,8-11,13H,6-7,12H2,1-2H3,(H,33,38)(H,35,39)/t13-/m0/s1. The monoisotopic (exact) mass is 557 g/mol. The van der Waals surface area contributed by atoms with Gasteiger partial charge in [0, 0.05) is 43.5 Å². The third-order valence-corrected chi connectivity index (χ3v) is 6.42. The molecule has 1 atom stereocenters. The van der Waals surface area contributed by atoms with E-state index in [1.54, 1.807) is 4.90 Å². The zero-order valence-electron chi connectivity index (χ0n) is 20.5. The number of pyridine rings is 2. The number of anilines is 2. The summed E-state index contributed by atoms with van der Waals surface area (Å²) >= 11 is 0. The van der Waals surface area contributed by atoms with Crippen LogP contribution in [0.15, 0.2) is 47.4 Å². The number of hydrogen-bond acceptors (Lipinski definition) is 5. The summed E-state index contributed by atoms with van der Waals surface area (Å²) in [6.07, 6.45) is -9.24. The second-order valence-electron chi connectivity index (χ2n) is 9.11. The van der Waals surface area contributed by atoms with E-state index in [-0.39, 0.29) is 23.5 Å². The molecule has 2 N–H and O–H groups in total. The molecule has 0 aliphatic carbocycles. The van der Waals surface area contributed by atoms with E-state index in [0.29, 0.717) is 31.9 Å². The molecule has 1 aliphatic heterocycles. The number of carbonyl (C=O) groups excluding carboxylic acids is 1. The number of rotatable bonds is 4. The van der Waals surface area contributed by atoms with E-state index in [2.05, 4.69) is 10.3 Å². The van der Waals surface area contributed by atoms with Crippen molar-refractivity contribution in [3.63, 3.8) is 0 Å². The van der Waals surface area contributed by atoms with Crippen molar-refractivity contribution >= 4 is 17.3 Å². The highest BCUT2D eigenvalue weighted by Gasteiger charge is 2.36. The SMILES string of the molecule is C[C@H]1CN(c2cc(F)c(-c3cccc(C(F)(F)F)n3)cc2NC(=O)c2c[nH]c(=O)cc2C(F)(F)F)CCN1C. The van der Waals surface area contributed by atoms with E-state index in [4.69, 9.17) is 0 Å². The number of likely N-dealkylation sites (N-methyl/N-ethyl adjacent to an activating group) is 1. The average Bonchev–Trinajstić information content (AvgIpc) is 2.85. The summed E-state index contributed by atoms with van der Waals surface area (Å²) in [5.74, 6) is -2.21. The number of nitrogens with one attached hydrogen (secondary N) is 2. The minimum atomic E-state index is -5.04. The van der Waals surface area contributed by atoms with Gasteiger partial charge < -0.3 is 20.1 Å². The van der Waals surface area contributed by atoms with E-state index in [1.165, 1.54) is 0 Å². The molecule has 0 saturated carbocycles. The molecule has 3 heterocycles. The van der Waals surface area contributed by atoms with Gasteiger partial charge in [0.1, 0.15) is 11.5 Å². The predicted octanol–water partition coefficient (Wildman–Crippen LogP) is 5.01. The third kappa shape index (κ3) is 6.05. The van der Waals surface area contributed by atoms with Crippen molar-refractivity contribution in [2.45, 2.75) is 25.3 Å². The summed E-state index contributed by atoms with van der Waals surface area (Å²) in [5, 5.41) is 2.33. The van der Waals surface area contributed by atoms with E-state index in [1.807, 2.05) is 23.9 Å². The molecule has 1 amide bonds. The zero-order chi connectivity index (χ0) is 28.7. The van der Waals surface area contributed by atoms with Crippen LogP contribution in [-0.4, -0.2) is 53.5 Å². The Hall–Kier alpha value is -3.94. The Kier molecular flexibility index (Phi) is 7.43. The van der Waals surface area contributed by atoms with Crippen LogP contribution in [0.5, 0.6) is 0 Å². The molecule has 0 unspecified atom stereocenters. The zero-order valence-corrected chi connectivity index (χ0v) is 20.5. The Labute approximate surface area is 217 Å². The molecular formula is C25H22F7N5O2. The second-order valence-corrected chi connectivity index (χ2v) is 9.11. The molecule has 3 aromatic rings. The number of piperazine rings is 1. The molecule has 1 aliphatic rings. The maximum Gasteiger partial charge on any atom is 0.433 e. The number of halogens is 7. The fourth-order valence-electron chi connectivity index (χ4n) is 4.21. The number of aromatic nitrogens is 2. The Morgan fingerprint density at radius 3 is 2.44 bits per heavy atom. The molecular weight excluding hydrogens is 535 g/mol. The highest BCUT2D eigenvalue weighted by molar-refractivity contribution is 6.07. The topological polar surface area (TPSA) is 81.3 Å². The Morgan fingerprint density at radius 2 is 1.79 bits per heavy atom. The number of aromatic amines is 1. The van der Waals surface area contributed by atoms with Crippen molar-refractivity contribution in [1.29, 1.82) is 0 Å². The molecule has 7 nitrogen and oxygen atoms in total. The number of H-pyrrole nitrogens is 1. The number of hydrogen-bond donors (Lipinski definition) is 2. The highest BCUT2D eigenvalue weighted by Crippen LogP contribution is 2.37.